The molecule has 2 rings (SSSR count). The van der Waals surface area contributed by atoms with Gasteiger partial charge in [-0.05, 0) is 37.5 Å². The summed E-state index contributed by atoms with van der Waals surface area (Å²) in [5.41, 5.74) is -0.147. The van der Waals surface area contributed by atoms with Crippen LogP contribution in [0.5, 0.6) is 0 Å². The topological polar surface area (TPSA) is 58.6 Å². The third-order valence-electron chi connectivity index (χ3n) is 3.51. The van der Waals surface area contributed by atoms with Crippen LogP contribution in [0.4, 0.5) is 9.18 Å². The predicted octanol–water partition coefficient (Wildman–Crippen LogP) is 1.72. The minimum atomic E-state index is -0.995. The number of carbonyl (C=O) groups excluding carboxylic acids is 2. The molecule has 3 amide bonds. The lowest BCUT2D eigenvalue weighted by Gasteiger charge is -2.20. The van der Waals surface area contributed by atoms with Gasteiger partial charge in [0, 0.05) is 13.7 Å². The summed E-state index contributed by atoms with van der Waals surface area (Å²) in [6, 6.07) is 5.91. The molecule has 0 aliphatic carbocycles. The van der Waals surface area contributed by atoms with Gasteiger partial charge in [0.15, 0.2) is 0 Å². The van der Waals surface area contributed by atoms with Crippen molar-refractivity contribution in [3.8, 4) is 0 Å². The minimum Gasteiger partial charge on any atom is -0.382 e. The Bertz CT molecular complexity index is 549. The van der Waals surface area contributed by atoms with Gasteiger partial charge in [-0.25, -0.2) is 9.18 Å². The zero-order valence-corrected chi connectivity index (χ0v) is 12.2. The van der Waals surface area contributed by atoms with Crippen LogP contribution in [0.15, 0.2) is 24.3 Å². The second-order valence-corrected chi connectivity index (χ2v) is 5.39. The minimum absolute atomic E-state index is 0.137. The van der Waals surface area contributed by atoms with E-state index in [0.717, 1.165) is 5.56 Å². The monoisotopic (exact) mass is 294 g/mol. The second kappa shape index (κ2) is 6.22. The van der Waals surface area contributed by atoms with Crippen molar-refractivity contribution in [3.63, 3.8) is 0 Å². The fraction of sp³-hybridized carbons (Fsp3) is 0.467. The summed E-state index contributed by atoms with van der Waals surface area (Å²) in [5, 5.41) is 2.64. The number of benzene rings is 1. The summed E-state index contributed by atoms with van der Waals surface area (Å²) < 4.78 is 18.0. The van der Waals surface area contributed by atoms with E-state index >= 15 is 0 Å². The summed E-state index contributed by atoms with van der Waals surface area (Å²) in [6.45, 7) is 2.09. The number of hydrogen-bond donors (Lipinski definition) is 1. The van der Waals surface area contributed by atoms with E-state index in [1.807, 2.05) is 6.07 Å². The summed E-state index contributed by atoms with van der Waals surface area (Å²) in [4.78, 5) is 25.3. The molecule has 5 nitrogen and oxygen atoms in total. The van der Waals surface area contributed by atoms with E-state index in [0.29, 0.717) is 19.4 Å². The number of rotatable bonds is 6. The molecule has 0 aromatic heterocycles. The number of amides is 3. The number of aryl methyl sites for hydroxylation is 1. The molecule has 6 heteroatoms. The van der Waals surface area contributed by atoms with Gasteiger partial charge in [-0.2, -0.15) is 0 Å². The highest BCUT2D eigenvalue weighted by Gasteiger charge is 2.47. The van der Waals surface area contributed by atoms with Crippen molar-refractivity contribution in [1.29, 1.82) is 0 Å². The van der Waals surface area contributed by atoms with Crippen molar-refractivity contribution in [2.75, 3.05) is 20.3 Å². The third-order valence-corrected chi connectivity index (χ3v) is 3.51. The number of hydrogen-bond acceptors (Lipinski definition) is 3. The Morgan fingerprint density at radius 2 is 2.14 bits per heavy atom. The molecule has 0 spiro atoms. The maximum Gasteiger partial charge on any atom is 0.325 e. The lowest BCUT2D eigenvalue weighted by molar-refractivity contribution is -0.132. The van der Waals surface area contributed by atoms with Crippen molar-refractivity contribution in [3.05, 3.63) is 35.6 Å². The first-order valence-electron chi connectivity index (χ1n) is 6.84. The summed E-state index contributed by atoms with van der Waals surface area (Å²) in [6.07, 6.45) is 1.20. The van der Waals surface area contributed by atoms with Gasteiger partial charge >= 0.3 is 6.03 Å². The predicted molar refractivity (Wildman–Crippen MR) is 75.2 cm³/mol. The molecule has 114 valence electrons. The van der Waals surface area contributed by atoms with Crippen LogP contribution in [0.25, 0.3) is 0 Å². The lowest BCUT2D eigenvalue weighted by atomic mass is 10.0. The molecule has 1 N–H and O–H groups in total. The Kier molecular flexibility index (Phi) is 4.57. The van der Waals surface area contributed by atoms with Gasteiger partial charge in [-0.15, -0.1) is 0 Å². The van der Waals surface area contributed by atoms with E-state index in [-0.39, 0.29) is 18.3 Å². The SMILES string of the molecule is COC[C@]1(C)NC(=O)N(CCCc2cccc(F)c2)C1=O. The van der Waals surface area contributed by atoms with Crippen LogP contribution in [0.3, 0.4) is 0 Å². The molecule has 0 saturated carbocycles. The highest BCUT2D eigenvalue weighted by molar-refractivity contribution is 6.06. The van der Waals surface area contributed by atoms with Crippen LogP contribution >= 0.6 is 0 Å². The molecule has 1 aromatic rings. The average molecular weight is 294 g/mol. The Labute approximate surface area is 123 Å². The zero-order chi connectivity index (χ0) is 15.5. The zero-order valence-electron chi connectivity index (χ0n) is 12.2. The van der Waals surface area contributed by atoms with E-state index in [9.17, 15) is 14.0 Å². The number of carbonyl (C=O) groups is 2. The summed E-state index contributed by atoms with van der Waals surface area (Å²) >= 11 is 0. The summed E-state index contributed by atoms with van der Waals surface area (Å²) in [7, 11) is 1.48. The second-order valence-electron chi connectivity index (χ2n) is 5.39. The Hall–Kier alpha value is -1.95. The maximum atomic E-state index is 13.1. The Morgan fingerprint density at radius 1 is 1.38 bits per heavy atom. The van der Waals surface area contributed by atoms with E-state index in [1.54, 1.807) is 13.0 Å². The molecule has 1 fully saturated rings. The lowest BCUT2D eigenvalue weighted by Crippen LogP contribution is -2.47. The first-order valence-corrected chi connectivity index (χ1v) is 6.84. The molecule has 0 unspecified atom stereocenters. The van der Waals surface area contributed by atoms with Gasteiger partial charge in [0.1, 0.15) is 11.4 Å². The number of methoxy groups -OCH3 is 1. The molecule has 21 heavy (non-hydrogen) atoms. The standard InChI is InChI=1S/C15H19FN2O3/c1-15(10-21-2)13(19)18(14(20)17-15)8-4-6-11-5-3-7-12(16)9-11/h3,5,7,9H,4,6,8,10H2,1-2H3,(H,17,20)/t15-/m0/s1. The molecule has 0 radical (unpaired) electrons. The van der Waals surface area contributed by atoms with Crippen molar-refractivity contribution in [2.24, 2.45) is 0 Å². The van der Waals surface area contributed by atoms with Crippen LogP contribution < -0.4 is 5.32 Å². The number of nitrogens with zero attached hydrogens (tertiary/aromatic N) is 1. The molecular formula is C15H19FN2O3. The molecule has 1 heterocycles. The van der Waals surface area contributed by atoms with E-state index in [4.69, 9.17) is 4.74 Å². The third kappa shape index (κ3) is 3.39. The first-order chi connectivity index (χ1) is 9.96. The highest BCUT2D eigenvalue weighted by atomic mass is 19.1. The van der Waals surface area contributed by atoms with Crippen LogP contribution in [0, 0.1) is 5.82 Å². The van der Waals surface area contributed by atoms with Gasteiger partial charge in [-0.1, -0.05) is 12.1 Å². The smallest absolute Gasteiger partial charge is 0.325 e. The van der Waals surface area contributed by atoms with E-state index in [1.165, 1.54) is 24.1 Å². The molecule has 1 aliphatic heterocycles. The fourth-order valence-corrected chi connectivity index (χ4v) is 2.47. The van der Waals surface area contributed by atoms with Gasteiger partial charge in [0.25, 0.3) is 5.91 Å². The van der Waals surface area contributed by atoms with Crippen LogP contribution in [-0.4, -0.2) is 42.6 Å². The van der Waals surface area contributed by atoms with Gasteiger partial charge in [0.05, 0.1) is 6.61 Å². The highest BCUT2D eigenvalue weighted by Crippen LogP contribution is 2.18. The number of ether oxygens (including phenoxy) is 1. The first kappa shape index (κ1) is 15.4. The van der Waals surface area contributed by atoms with E-state index in [2.05, 4.69) is 5.32 Å². The molecule has 1 atom stereocenters. The number of nitrogens with one attached hydrogen (secondary N) is 1. The Balaban J connectivity index is 1.91. The number of halogens is 1. The van der Waals surface area contributed by atoms with Gasteiger partial charge in [-0.3, -0.25) is 9.69 Å². The van der Waals surface area contributed by atoms with Crippen molar-refractivity contribution >= 4 is 11.9 Å². The van der Waals surface area contributed by atoms with Crippen molar-refractivity contribution in [1.82, 2.24) is 10.2 Å². The van der Waals surface area contributed by atoms with Crippen molar-refractivity contribution in [2.45, 2.75) is 25.3 Å². The maximum absolute atomic E-state index is 13.1. The van der Waals surface area contributed by atoms with Gasteiger partial charge < -0.3 is 10.1 Å². The fourth-order valence-electron chi connectivity index (χ4n) is 2.47. The summed E-state index contributed by atoms with van der Waals surface area (Å²) in [5.74, 6) is -0.566. The molecule has 0 bridgehead atoms. The van der Waals surface area contributed by atoms with Crippen LogP contribution in [0.2, 0.25) is 0 Å². The molecule has 1 saturated heterocycles. The average Bonchev–Trinajstić information content (AvgIpc) is 2.62. The molecule has 1 aliphatic rings. The Morgan fingerprint density at radius 3 is 2.81 bits per heavy atom. The normalized spacial score (nSPS) is 21.8. The number of imide groups is 1. The number of urea groups is 1. The van der Waals surface area contributed by atoms with Crippen molar-refractivity contribution < 1.29 is 18.7 Å². The van der Waals surface area contributed by atoms with Gasteiger partial charge in [0.2, 0.25) is 0 Å². The largest absolute Gasteiger partial charge is 0.382 e. The van der Waals surface area contributed by atoms with Crippen LogP contribution in [0.1, 0.15) is 18.9 Å². The molecular weight excluding hydrogens is 275 g/mol. The molecule has 1 aromatic carbocycles. The van der Waals surface area contributed by atoms with Crippen LogP contribution in [-0.2, 0) is 16.0 Å². The van der Waals surface area contributed by atoms with E-state index < -0.39 is 11.6 Å². The quantitative estimate of drug-likeness (QED) is 0.813.